The van der Waals surface area contributed by atoms with E-state index >= 15 is 0 Å². The SMILES string of the molecule is O=C(Nc1ccc(NC(C(=O)NC2CC2)c2ccc(F)cc2)cc1)C1CC1. The van der Waals surface area contributed by atoms with Gasteiger partial charge in [-0.1, -0.05) is 12.1 Å². The quantitative estimate of drug-likeness (QED) is 0.700. The number of hydrogen-bond acceptors (Lipinski definition) is 3. The van der Waals surface area contributed by atoms with Crippen molar-refractivity contribution in [3.63, 3.8) is 0 Å². The third-order valence-corrected chi connectivity index (χ3v) is 4.80. The number of carbonyl (C=O) groups excluding carboxylic acids is 2. The molecule has 1 unspecified atom stereocenters. The number of nitrogens with one attached hydrogen (secondary N) is 3. The lowest BCUT2D eigenvalue weighted by Gasteiger charge is -2.20. The highest BCUT2D eigenvalue weighted by atomic mass is 19.1. The van der Waals surface area contributed by atoms with Gasteiger partial charge in [0.15, 0.2) is 0 Å². The molecule has 2 aromatic carbocycles. The van der Waals surface area contributed by atoms with E-state index in [4.69, 9.17) is 0 Å². The molecule has 2 aromatic rings. The number of anilines is 2. The standard InChI is InChI=1S/C21H22FN3O2/c22-15-5-3-13(4-6-15)19(21(27)25-18-11-12-18)23-16-7-9-17(10-8-16)24-20(26)14-1-2-14/h3-10,14,18-19,23H,1-2,11-12H2,(H,24,26)(H,25,27). The summed E-state index contributed by atoms with van der Waals surface area (Å²) in [7, 11) is 0. The summed E-state index contributed by atoms with van der Waals surface area (Å²) in [6, 6.07) is 12.8. The summed E-state index contributed by atoms with van der Waals surface area (Å²) in [6.45, 7) is 0. The zero-order valence-corrected chi connectivity index (χ0v) is 14.9. The van der Waals surface area contributed by atoms with Gasteiger partial charge in [0.05, 0.1) is 0 Å². The fraction of sp³-hybridized carbons (Fsp3) is 0.333. The monoisotopic (exact) mass is 367 g/mol. The van der Waals surface area contributed by atoms with Crippen LogP contribution < -0.4 is 16.0 Å². The van der Waals surface area contributed by atoms with E-state index in [9.17, 15) is 14.0 Å². The van der Waals surface area contributed by atoms with Crippen LogP contribution >= 0.6 is 0 Å². The van der Waals surface area contributed by atoms with Gasteiger partial charge in [-0.2, -0.15) is 0 Å². The highest BCUT2D eigenvalue weighted by Gasteiger charge is 2.30. The average molecular weight is 367 g/mol. The van der Waals surface area contributed by atoms with E-state index in [1.54, 1.807) is 12.1 Å². The second-order valence-electron chi connectivity index (χ2n) is 7.25. The minimum atomic E-state index is -0.613. The van der Waals surface area contributed by atoms with Gasteiger partial charge in [0.1, 0.15) is 11.9 Å². The predicted octanol–water partition coefficient (Wildman–Crippen LogP) is 3.61. The summed E-state index contributed by atoms with van der Waals surface area (Å²) in [5.74, 6) is -0.258. The fourth-order valence-electron chi connectivity index (χ4n) is 2.87. The Morgan fingerprint density at radius 3 is 2.11 bits per heavy atom. The lowest BCUT2D eigenvalue weighted by atomic mass is 10.1. The highest BCUT2D eigenvalue weighted by Crippen LogP contribution is 2.30. The number of rotatable bonds is 7. The van der Waals surface area contributed by atoms with Crippen LogP contribution in [0.1, 0.15) is 37.3 Å². The van der Waals surface area contributed by atoms with Crippen LogP contribution in [-0.4, -0.2) is 17.9 Å². The van der Waals surface area contributed by atoms with Gasteiger partial charge in [-0.3, -0.25) is 9.59 Å². The molecule has 2 saturated carbocycles. The Kier molecular flexibility index (Phi) is 4.79. The van der Waals surface area contributed by atoms with Gasteiger partial charge < -0.3 is 16.0 Å². The number of halogens is 1. The van der Waals surface area contributed by atoms with Gasteiger partial charge in [-0.25, -0.2) is 4.39 Å². The van der Waals surface area contributed by atoms with Crippen molar-refractivity contribution in [1.29, 1.82) is 0 Å². The Hall–Kier alpha value is -2.89. The van der Waals surface area contributed by atoms with Crippen LogP contribution in [0, 0.1) is 11.7 Å². The molecule has 5 nitrogen and oxygen atoms in total. The van der Waals surface area contributed by atoms with E-state index in [2.05, 4.69) is 16.0 Å². The maximum Gasteiger partial charge on any atom is 0.247 e. The van der Waals surface area contributed by atoms with Gasteiger partial charge in [-0.05, 0) is 67.6 Å². The molecule has 27 heavy (non-hydrogen) atoms. The topological polar surface area (TPSA) is 70.2 Å². The molecule has 3 N–H and O–H groups in total. The molecule has 2 amide bonds. The third-order valence-electron chi connectivity index (χ3n) is 4.80. The molecule has 0 bridgehead atoms. The summed E-state index contributed by atoms with van der Waals surface area (Å²) in [4.78, 5) is 24.5. The van der Waals surface area contributed by atoms with E-state index in [1.807, 2.05) is 24.3 Å². The Balaban J connectivity index is 1.47. The molecule has 2 aliphatic rings. The smallest absolute Gasteiger partial charge is 0.247 e. The summed E-state index contributed by atoms with van der Waals surface area (Å²) in [5.41, 5.74) is 2.18. The molecule has 0 heterocycles. The molecular weight excluding hydrogens is 345 g/mol. The number of hydrogen-bond donors (Lipinski definition) is 3. The predicted molar refractivity (Wildman–Crippen MR) is 102 cm³/mol. The summed E-state index contributed by atoms with van der Waals surface area (Å²) in [5, 5.41) is 9.10. The number of amides is 2. The minimum Gasteiger partial charge on any atom is -0.370 e. The number of carbonyl (C=O) groups is 2. The molecule has 0 spiro atoms. The lowest BCUT2D eigenvalue weighted by molar-refractivity contribution is -0.122. The molecule has 140 valence electrons. The molecule has 4 rings (SSSR count). The highest BCUT2D eigenvalue weighted by molar-refractivity contribution is 5.94. The molecule has 0 saturated heterocycles. The van der Waals surface area contributed by atoms with Crippen LogP contribution in [0.25, 0.3) is 0 Å². The van der Waals surface area contributed by atoms with Crippen molar-refractivity contribution in [2.45, 2.75) is 37.8 Å². The van der Waals surface area contributed by atoms with E-state index in [1.165, 1.54) is 12.1 Å². The largest absolute Gasteiger partial charge is 0.370 e. The van der Waals surface area contributed by atoms with E-state index < -0.39 is 6.04 Å². The summed E-state index contributed by atoms with van der Waals surface area (Å²) < 4.78 is 13.3. The van der Waals surface area contributed by atoms with Crippen molar-refractivity contribution < 1.29 is 14.0 Å². The molecule has 0 aromatic heterocycles. The van der Waals surface area contributed by atoms with E-state index in [0.29, 0.717) is 5.56 Å². The van der Waals surface area contributed by atoms with Crippen LogP contribution in [0.15, 0.2) is 48.5 Å². The summed E-state index contributed by atoms with van der Waals surface area (Å²) >= 11 is 0. The Labute approximate surface area is 157 Å². The van der Waals surface area contributed by atoms with E-state index in [0.717, 1.165) is 37.1 Å². The van der Waals surface area contributed by atoms with Crippen LogP contribution in [0.2, 0.25) is 0 Å². The number of benzene rings is 2. The summed E-state index contributed by atoms with van der Waals surface area (Å²) in [6.07, 6.45) is 3.91. The second-order valence-corrected chi connectivity index (χ2v) is 7.25. The van der Waals surface area contributed by atoms with Crippen molar-refractivity contribution in [3.8, 4) is 0 Å². The van der Waals surface area contributed by atoms with Crippen molar-refractivity contribution in [2.24, 2.45) is 5.92 Å². The van der Waals surface area contributed by atoms with Crippen LogP contribution in [0.3, 0.4) is 0 Å². The Morgan fingerprint density at radius 1 is 0.889 bits per heavy atom. The van der Waals surface area contributed by atoms with Crippen molar-refractivity contribution >= 4 is 23.2 Å². The van der Waals surface area contributed by atoms with Crippen LogP contribution in [0.5, 0.6) is 0 Å². The van der Waals surface area contributed by atoms with Crippen LogP contribution in [0.4, 0.5) is 15.8 Å². The molecule has 2 aliphatic carbocycles. The average Bonchev–Trinajstić information content (AvgIpc) is 3.55. The molecule has 6 heteroatoms. The molecule has 1 atom stereocenters. The fourth-order valence-corrected chi connectivity index (χ4v) is 2.87. The normalized spacial score (nSPS) is 17.1. The van der Waals surface area contributed by atoms with Gasteiger partial charge >= 0.3 is 0 Å². The van der Waals surface area contributed by atoms with Crippen LogP contribution in [-0.2, 0) is 9.59 Å². The molecule has 2 fully saturated rings. The first kappa shape index (κ1) is 17.5. The second kappa shape index (κ2) is 7.39. The van der Waals surface area contributed by atoms with Gasteiger partial charge in [0.2, 0.25) is 11.8 Å². The van der Waals surface area contributed by atoms with Gasteiger partial charge in [0.25, 0.3) is 0 Å². The van der Waals surface area contributed by atoms with Crippen molar-refractivity contribution in [2.75, 3.05) is 10.6 Å². The maximum atomic E-state index is 13.3. The maximum absolute atomic E-state index is 13.3. The van der Waals surface area contributed by atoms with Gasteiger partial charge in [-0.15, -0.1) is 0 Å². The van der Waals surface area contributed by atoms with Gasteiger partial charge in [0, 0.05) is 23.3 Å². The first-order valence-corrected chi connectivity index (χ1v) is 9.32. The van der Waals surface area contributed by atoms with Crippen molar-refractivity contribution in [3.05, 3.63) is 59.9 Å². The minimum absolute atomic E-state index is 0.0590. The van der Waals surface area contributed by atoms with E-state index in [-0.39, 0.29) is 29.6 Å². The first-order valence-electron chi connectivity index (χ1n) is 9.32. The Bertz CT molecular complexity index is 828. The Morgan fingerprint density at radius 2 is 1.52 bits per heavy atom. The molecular formula is C21H22FN3O2. The zero-order chi connectivity index (χ0) is 18.8. The first-order chi connectivity index (χ1) is 13.1. The third kappa shape index (κ3) is 4.64. The van der Waals surface area contributed by atoms with Crippen molar-refractivity contribution in [1.82, 2.24) is 5.32 Å². The molecule has 0 radical (unpaired) electrons. The zero-order valence-electron chi connectivity index (χ0n) is 14.9. The molecule has 0 aliphatic heterocycles. The lowest BCUT2D eigenvalue weighted by Crippen LogP contribution is -2.34.